The van der Waals surface area contributed by atoms with Crippen molar-refractivity contribution in [3.05, 3.63) is 30.0 Å². The molecule has 0 amide bonds. The summed E-state index contributed by atoms with van der Waals surface area (Å²) in [4.78, 5) is 0. The minimum atomic E-state index is 0.218. The highest BCUT2D eigenvalue weighted by molar-refractivity contribution is 7.99. The van der Waals surface area contributed by atoms with E-state index in [4.69, 9.17) is 8.83 Å². The molecule has 0 aromatic carbocycles. The van der Waals surface area contributed by atoms with Gasteiger partial charge in [0.15, 0.2) is 0 Å². The molecule has 5 nitrogen and oxygen atoms in total. The molecular formula is C11H15N3O2S. The third-order valence-electron chi connectivity index (χ3n) is 2.26. The van der Waals surface area contributed by atoms with Crippen molar-refractivity contribution < 1.29 is 8.83 Å². The molecule has 92 valence electrons. The van der Waals surface area contributed by atoms with Gasteiger partial charge in [0.05, 0.1) is 12.3 Å². The van der Waals surface area contributed by atoms with Crippen LogP contribution in [0.5, 0.6) is 0 Å². The predicted octanol–water partition coefficient (Wildman–Crippen LogP) is 2.41. The lowest BCUT2D eigenvalue weighted by atomic mass is 10.2. The van der Waals surface area contributed by atoms with Crippen molar-refractivity contribution in [1.82, 2.24) is 15.5 Å². The third-order valence-corrected chi connectivity index (χ3v) is 3.08. The number of hydrogen-bond acceptors (Lipinski definition) is 6. The standard InChI is InChI=1S/C11H15N3O2S/c1-8(10-4-3-6-15-10)12-5-7-17-11-14-13-9(2)16-11/h3-4,6,8,12H,5,7H2,1-2H3. The van der Waals surface area contributed by atoms with Gasteiger partial charge in [0, 0.05) is 19.2 Å². The first-order chi connectivity index (χ1) is 8.25. The highest BCUT2D eigenvalue weighted by Crippen LogP contribution is 2.16. The van der Waals surface area contributed by atoms with Crippen molar-refractivity contribution in [2.45, 2.75) is 25.1 Å². The van der Waals surface area contributed by atoms with E-state index in [-0.39, 0.29) is 6.04 Å². The van der Waals surface area contributed by atoms with Crippen molar-refractivity contribution in [2.75, 3.05) is 12.3 Å². The first-order valence-corrected chi connectivity index (χ1v) is 6.44. The van der Waals surface area contributed by atoms with E-state index in [2.05, 4.69) is 22.4 Å². The van der Waals surface area contributed by atoms with E-state index < -0.39 is 0 Å². The lowest BCUT2D eigenvalue weighted by Gasteiger charge is -2.09. The molecule has 0 bridgehead atoms. The van der Waals surface area contributed by atoms with Gasteiger partial charge < -0.3 is 14.2 Å². The zero-order chi connectivity index (χ0) is 12.1. The largest absolute Gasteiger partial charge is 0.468 e. The Kier molecular flexibility index (Phi) is 4.22. The SMILES string of the molecule is Cc1nnc(SCCNC(C)c2ccco2)o1. The molecule has 1 atom stereocenters. The molecule has 17 heavy (non-hydrogen) atoms. The molecule has 0 radical (unpaired) electrons. The quantitative estimate of drug-likeness (QED) is 0.630. The summed E-state index contributed by atoms with van der Waals surface area (Å²) in [6.07, 6.45) is 1.68. The molecule has 0 fully saturated rings. The molecule has 6 heteroatoms. The summed E-state index contributed by atoms with van der Waals surface area (Å²) in [7, 11) is 0. The Balaban J connectivity index is 1.66. The fourth-order valence-electron chi connectivity index (χ4n) is 1.39. The Bertz CT molecular complexity index is 441. The minimum Gasteiger partial charge on any atom is -0.468 e. The van der Waals surface area contributed by atoms with Crippen LogP contribution in [0.3, 0.4) is 0 Å². The average Bonchev–Trinajstić information content (AvgIpc) is 2.95. The van der Waals surface area contributed by atoms with Crippen LogP contribution in [-0.4, -0.2) is 22.5 Å². The van der Waals surface area contributed by atoms with Crippen molar-refractivity contribution in [1.29, 1.82) is 0 Å². The fraction of sp³-hybridized carbons (Fsp3) is 0.455. The van der Waals surface area contributed by atoms with E-state index in [1.807, 2.05) is 12.1 Å². The summed E-state index contributed by atoms with van der Waals surface area (Å²) >= 11 is 1.55. The maximum absolute atomic E-state index is 5.30. The van der Waals surface area contributed by atoms with Crippen LogP contribution in [0, 0.1) is 6.92 Å². The van der Waals surface area contributed by atoms with Crippen molar-refractivity contribution >= 4 is 11.8 Å². The normalized spacial score (nSPS) is 12.8. The molecule has 2 rings (SSSR count). The maximum atomic E-state index is 5.30. The number of nitrogens with zero attached hydrogens (tertiary/aromatic N) is 2. The molecule has 0 saturated heterocycles. The van der Waals surface area contributed by atoms with Crippen molar-refractivity contribution in [3.8, 4) is 0 Å². The molecule has 0 saturated carbocycles. The summed E-state index contributed by atoms with van der Waals surface area (Å²) in [5.74, 6) is 2.43. The van der Waals surface area contributed by atoms with E-state index in [0.29, 0.717) is 11.1 Å². The first-order valence-electron chi connectivity index (χ1n) is 5.45. The van der Waals surface area contributed by atoms with Crippen LogP contribution in [0.25, 0.3) is 0 Å². The molecule has 0 spiro atoms. The number of aryl methyl sites for hydroxylation is 1. The third kappa shape index (κ3) is 3.61. The van der Waals surface area contributed by atoms with Gasteiger partial charge in [-0.3, -0.25) is 0 Å². The molecular weight excluding hydrogens is 238 g/mol. The van der Waals surface area contributed by atoms with Crippen LogP contribution < -0.4 is 5.32 Å². The first kappa shape index (κ1) is 12.2. The Morgan fingerprint density at radius 1 is 1.47 bits per heavy atom. The molecule has 2 heterocycles. The second kappa shape index (κ2) is 5.88. The number of nitrogens with one attached hydrogen (secondary N) is 1. The zero-order valence-electron chi connectivity index (χ0n) is 9.84. The molecule has 1 unspecified atom stereocenters. The van der Waals surface area contributed by atoms with Gasteiger partial charge >= 0.3 is 0 Å². The summed E-state index contributed by atoms with van der Waals surface area (Å²) in [6.45, 7) is 4.71. The molecule has 2 aromatic rings. The maximum Gasteiger partial charge on any atom is 0.276 e. The Labute approximate surface area is 104 Å². The smallest absolute Gasteiger partial charge is 0.276 e. The Morgan fingerprint density at radius 3 is 3.00 bits per heavy atom. The van der Waals surface area contributed by atoms with Gasteiger partial charge in [0.1, 0.15) is 5.76 Å². The van der Waals surface area contributed by atoms with E-state index in [0.717, 1.165) is 18.1 Å². The molecule has 2 aromatic heterocycles. The van der Waals surface area contributed by atoms with E-state index in [1.54, 1.807) is 24.9 Å². The van der Waals surface area contributed by atoms with E-state index >= 15 is 0 Å². The van der Waals surface area contributed by atoms with Crippen LogP contribution in [0.4, 0.5) is 0 Å². The van der Waals surface area contributed by atoms with Crippen LogP contribution in [0.1, 0.15) is 24.6 Å². The second-order valence-electron chi connectivity index (χ2n) is 3.63. The van der Waals surface area contributed by atoms with Crippen LogP contribution in [0.2, 0.25) is 0 Å². The van der Waals surface area contributed by atoms with Crippen molar-refractivity contribution in [2.24, 2.45) is 0 Å². The van der Waals surface area contributed by atoms with Gasteiger partial charge in [-0.1, -0.05) is 11.8 Å². The Hall–Kier alpha value is -1.27. The fourth-order valence-corrected chi connectivity index (χ4v) is 2.06. The second-order valence-corrected chi connectivity index (χ2v) is 4.67. The van der Waals surface area contributed by atoms with Crippen LogP contribution in [0.15, 0.2) is 32.5 Å². The van der Waals surface area contributed by atoms with Crippen LogP contribution in [-0.2, 0) is 0 Å². The molecule has 0 aliphatic rings. The number of rotatable bonds is 6. The lowest BCUT2D eigenvalue weighted by molar-refractivity contribution is 0.427. The van der Waals surface area contributed by atoms with E-state index in [9.17, 15) is 0 Å². The minimum absolute atomic E-state index is 0.218. The van der Waals surface area contributed by atoms with Crippen molar-refractivity contribution in [3.63, 3.8) is 0 Å². The predicted molar refractivity (Wildman–Crippen MR) is 64.9 cm³/mol. The summed E-state index contributed by atoms with van der Waals surface area (Å²) < 4.78 is 10.6. The van der Waals surface area contributed by atoms with Gasteiger partial charge in [0.25, 0.3) is 5.22 Å². The number of thioether (sulfide) groups is 1. The number of hydrogen-bond donors (Lipinski definition) is 1. The summed E-state index contributed by atoms with van der Waals surface area (Å²) in [5, 5.41) is 11.7. The van der Waals surface area contributed by atoms with Gasteiger partial charge in [0.2, 0.25) is 5.89 Å². The Morgan fingerprint density at radius 2 is 2.35 bits per heavy atom. The summed E-state index contributed by atoms with van der Waals surface area (Å²) in [5.41, 5.74) is 0. The zero-order valence-corrected chi connectivity index (χ0v) is 10.7. The number of furan rings is 1. The summed E-state index contributed by atoms with van der Waals surface area (Å²) in [6, 6.07) is 4.07. The monoisotopic (exact) mass is 253 g/mol. The highest BCUT2D eigenvalue weighted by atomic mass is 32.2. The van der Waals surface area contributed by atoms with Gasteiger partial charge in [-0.2, -0.15) is 0 Å². The molecule has 1 N–H and O–H groups in total. The molecule has 0 aliphatic heterocycles. The molecule has 0 aliphatic carbocycles. The van der Waals surface area contributed by atoms with E-state index in [1.165, 1.54) is 0 Å². The van der Waals surface area contributed by atoms with Crippen LogP contribution >= 0.6 is 11.8 Å². The lowest BCUT2D eigenvalue weighted by Crippen LogP contribution is -2.20. The highest BCUT2D eigenvalue weighted by Gasteiger charge is 2.07. The average molecular weight is 253 g/mol. The topological polar surface area (TPSA) is 64.1 Å². The van der Waals surface area contributed by atoms with Gasteiger partial charge in [-0.25, -0.2) is 0 Å². The van der Waals surface area contributed by atoms with Gasteiger partial charge in [-0.05, 0) is 19.1 Å². The van der Waals surface area contributed by atoms with Gasteiger partial charge in [-0.15, -0.1) is 10.2 Å². The number of aromatic nitrogens is 2.